The van der Waals surface area contributed by atoms with E-state index >= 15 is 0 Å². The molecule has 5 nitrogen and oxygen atoms in total. The summed E-state index contributed by atoms with van der Waals surface area (Å²) >= 11 is 0. The maximum Gasteiger partial charge on any atom is 0.162 e. The normalized spacial score (nSPS) is 11.2. The van der Waals surface area contributed by atoms with Crippen molar-refractivity contribution in [2.24, 2.45) is 0 Å². The number of aryl methyl sites for hydroxylation is 1. The van der Waals surface area contributed by atoms with Gasteiger partial charge in [0.05, 0.1) is 25.4 Å². The van der Waals surface area contributed by atoms with Crippen molar-refractivity contribution in [1.29, 1.82) is 0 Å². The van der Waals surface area contributed by atoms with E-state index in [-0.39, 0.29) is 5.82 Å². The molecule has 0 saturated heterocycles. The highest BCUT2D eigenvalue weighted by molar-refractivity contribution is 6.03. The SMILES string of the molecule is COc1cc2ncnc(-c3c[nH]c4cc(F)c(C)cc34)c2cc1OC. The number of hydrogen-bond donors (Lipinski definition) is 1. The fourth-order valence-electron chi connectivity index (χ4n) is 3.05. The van der Waals surface area contributed by atoms with Crippen molar-refractivity contribution in [3.05, 3.63) is 48.2 Å². The van der Waals surface area contributed by atoms with Crippen molar-refractivity contribution >= 4 is 21.8 Å². The molecule has 0 aliphatic carbocycles. The first-order valence-electron chi connectivity index (χ1n) is 7.76. The molecule has 25 heavy (non-hydrogen) atoms. The summed E-state index contributed by atoms with van der Waals surface area (Å²) in [5.41, 5.74) is 3.70. The second kappa shape index (κ2) is 5.73. The Hall–Kier alpha value is -3.15. The van der Waals surface area contributed by atoms with Crippen LogP contribution >= 0.6 is 0 Å². The zero-order valence-electron chi connectivity index (χ0n) is 14.1. The van der Waals surface area contributed by atoms with Gasteiger partial charge in [0.15, 0.2) is 11.5 Å². The van der Waals surface area contributed by atoms with Gasteiger partial charge in [-0.2, -0.15) is 0 Å². The van der Waals surface area contributed by atoms with E-state index in [0.29, 0.717) is 17.1 Å². The molecule has 2 aromatic carbocycles. The predicted octanol–water partition coefficient (Wildman–Crippen LogP) is 4.24. The molecule has 0 unspecified atom stereocenters. The first-order valence-corrected chi connectivity index (χ1v) is 7.76. The van der Waals surface area contributed by atoms with Crippen molar-refractivity contribution in [3.8, 4) is 22.8 Å². The number of halogens is 1. The molecule has 0 spiro atoms. The Balaban J connectivity index is 2.03. The molecular formula is C19H16FN3O2. The first-order chi connectivity index (χ1) is 12.1. The van der Waals surface area contributed by atoms with Crippen molar-refractivity contribution in [2.75, 3.05) is 14.2 Å². The standard InChI is InChI=1S/C19H16FN3O2/c1-10-4-11-13(8-21-15(11)6-14(10)20)19-12-5-17(24-2)18(25-3)7-16(12)22-9-23-19/h4-9,21H,1-3H3. The maximum atomic E-state index is 13.8. The lowest BCUT2D eigenvalue weighted by molar-refractivity contribution is 0.356. The quantitative estimate of drug-likeness (QED) is 0.607. The molecule has 0 aliphatic heterocycles. The van der Waals surface area contributed by atoms with Crippen LogP contribution in [0.25, 0.3) is 33.1 Å². The molecule has 2 heterocycles. The molecule has 0 bridgehead atoms. The lowest BCUT2D eigenvalue weighted by Gasteiger charge is -2.10. The first kappa shape index (κ1) is 15.4. The number of benzene rings is 2. The van der Waals surface area contributed by atoms with Gasteiger partial charge in [-0.15, -0.1) is 0 Å². The van der Waals surface area contributed by atoms with Crippen LogP contribution in [-0.2, 0) is 0 Å². The third kappa shape index (κ3) is 2.38. The predicted molar refractivity (Wildman–Crippen MR) is 94.6 cm³/mol. The molecule has 2 aromatic heterocycles. The van der Waals surface area contributed by atoms with E-state index in [1.165, 1.54) is 12.4 Å². The summed E-state index contributed by atoms with van der Waals surface area (Å²) in [6, 6.07) is 7.00. The molecule has 6 heteroatoms. The third-order valence-corrected chi connectivity index (χ3v) is 4.36. The van der Waals surface area contributed by atoms with Crippen LogP contribution in [0.2, 0.25) is 0 Å². The largest absolute Gasteiger partial charge is 0.493 e. The summed E-state index contributed by atoms with van der Waals surface area (Å²) in [6.45, 7) is 1.75. The smallest absolute Gasteiger partial charge is 0.162 e. The van der Waals surface area contributed by atoms with Crippen molar-refractivity contribution in [2.45, 2.75) is 6.92 Å². The molecular weight excluding hydrogens is 321 g/mol. The Labute approximate surface area is 143 Å². The molecule has 0 atom stereocenters. The number of ether oxygens (including phenoxy) is 2. The summed E-state index contributed by atoms with van der Waals surface area (Å²) in [4.78, 5) is 11.9. The highest BCUT2D eigenvalue weighted by Gasteiger charge is 2.15. The minimum Gasteiger partial charge on any atom is -0.493 e. The van der Waals surface area contributed by atoms with E-state index in [2.05, 4.69) is 15.0 Å². The van der Waals surface area contributed by atoms with E-state index in [1.807, 2.05) is 24.4 Å². The minimum atomic E-state index is -0.236. The molecule has 0 amide bonds. The van der Waals surface area contributed by atoms with Gasteiger partial charge in [-0.3, -0.25) is 0 Å². The van der Waals surface area contributed by atoms with Gasteiger partial charge in [0.2, 0.25) is 0 Å². The van der Waals surface area contributed by atoms with Gasteiger partial charge in [-0.05, 0) is 30.7 Å². The van der Waals surface area contributed by atoms with Gasteiger partial charge in [-0.25, -0.2) is 14.4 Å². The van der Waals surface area contributed by atoms with E-state index in [1.54, 1.807) is 21.1 Å². The molecule has 0 radical (unpaired) electrons. The second-order valence-electron chi connectivity index (χ2n) is 5.80. The highest BCUT2D eigenvalue weighted by atomic mass is 19.1. The van der Waals surface area contributed by atoms with E-state index in [9.17, 15) is 4.39 Å². The Morgan fingerprint density at radius 3 is 2.48 bits per heavy atom. The number of methoxy groups -OCH3 is 2. The van der Waals surface area contributed by atoms with Crippen LogP contribution in [0.1, 0.15) is 5.56 Å². The molecule has 0 aliphatic rings. The topological polar surface area (TPSA) is 60.0 Å². The molecule has 0 fully saturated rings. The fourth-order valence-corrected chi connectivity index (χ4v) is 3.05. The van der Waals surface area contributed by atoms with Crippen molar-refractivity contribution in [1.82, 2.24) is 15.0 Å². The summed E-state index contributed by atoms with van der Waals surface area (Å²) in [6.07, 6.45) is 3.35. The Morgan fingerprint density at radius 2 is 1.72 bits per heavy atom. The van der Waals surface area contributed by atoms with E-state index in [4.69, 9.17) is 9.47 Å². The summed E-state index contributed by atoms with van der Waals surface area (Å²) in [7, 11) is 3.17. The number of fused-ring (bicyclic) bond motifs is 2. The third-order valence-electron chi connectivity index (χ3n) is 4.36. The van der Waals surface area contributed by atoms with Crippen LogP contribution in [0.3, 0.4) is 0 Å². The number of rotatable bonds is 3. The average molecular weight is 337 g/mol. The van der Waals surface area contributed by atoms with Crippen LogP contribution in [0.5, 0.6) is 11.5 Å². The van der Waals surface area contributed by atoms with Gasteiger partial charge in [0.25, 0.3) is 0 Å². The van der Waals surface area contributed by atoms with Gasteiger partial charge in [0.1, 0.15) is 12.1 Å². The van der Waals surface area contributed by atoms with Crippen LogP contribution < -0.4 is 9.47 Å². The zero-order valence-corrected chi connectivity index (χ0v) is 14.1. The van der Waals surface area contributed by atoms with Gasteiger partial charge >= 0.3 is 0 Å². The monoisotopic (exact) mass is 337 g/mol. The number of hydrogen-bond acceptors (Lipinski definition) is 4. The van der Waals surface area contributed by atoms with Crippen LogP contribution in [0, 0.1) is 12.7 Å². The molecule has 4 rings (SSSR count). The van der Waals surface area contributed by atoms with Crippen molar-refractivity contribution in [3.63, 3.8) is 0 Å². The van der Waals surface area contributed by atoms with Gasteiger partial charge < -0.3 is 14.5 Å². The second-order valence-corrected chi connectivity index (χ2v) is 5.80. The molecule has 126 valence electrons. The Bertz CT molecular complexity index is 1100. The minimum absolute atomic E-state index is 0.236. The van der Waals surface area contributed by atoms with E-state index < -0.39 is 0 Å². The van der Waals surface area contributed by atoms with E-state index in [0.717, 1.165) is 33.1 Å². The summed E-state index contributed by atoms with van der Waals surface area (Å²) < 4.78 is 24.6. The van der Waals surface area contributed by atoms with Crippen LogP contribution in [0.15, 0.2) is 36.8 Å². The summed E-state index contributed by atoms with van der Waals surface area (Å²) in [5, 5.41) is 1.75. The van der Waals surface area contributed by atoms with Crippen LogP contribution in [0.4, 0.5) is 4.39 Å². The number of nitrogens with zero attached hydrogens (tertiary/aromatic N) is 2. The summed E-state index contributed by atoms with van der Waals surface area (Å²) in [5.74, 6) is 0.976. The molecule has 0 saturated carbocycles. The number of aromatic amines is 1. The molecule has 4 aromatic rings. The van der Waals surface area contributed by atoms with Crippen LogP contribution in [-0.4, -0.2) is 29.2 Å². The number of aromatic nitrogens is 3. The Kier molecular flexibility index (Phi) is 3.53. The van der Waals surface area contributed by atoms with Gasteiger partial charge in [0, 0.05) is 34.1 Å². The van der Waals surface area contributed by atoms with Crippen molar-refractivity contribution < 1.29 is 13.9 Å². The maximum absolute atomic E-state index is 13.8. The average Bonchev–Trinajstić information content (AvgIpc) is 3.02. The highest BCUT2D eigenvalue weighted by Crippen LogP contribution is 2.37. The molecule has 1 N–H and O–H groups in total. The number of nitrogens with one attached hydrogen (secondary N) is 1. The lowest BCUT2D eigenvalue weighted by atomic mass is 10.0. The number of H-pyrrole nitrogens is 1. The van der Waals surface area contributed by atoms with Gasteiger partial charge in [-0.1, -0.05) is 0 Å². The fraction of sp³-hybridized carbons (Fsp3) is 0.158. The Morgan fingerprint density at radius 1 is 0.960 bits per heavy atom. The lowest BCUT2D eigenvalue weighted by Crippen LogP contribution is -1.94. The zero-order chi connectivity index (χ0) is 17.6.